The third-order valence-electron chi connectivity index (χ3n) is 6.18. The molecule has 158 valence electrons. The molecule has 2 amide bonds. The smallest absolute Gasteiger partial charge is 0.262 e. The summed E-state index contributed by atoms with van der Waals surface area (Å²) in [7, 11) is 0. The van der Waals surface area contributed by atoms with Gasteiger partial charge in [0.25, 0.3) is 11.8 Å². The lowest BCUT2D eigenvalue weighted by atomic mass is 9.85. The lowest BCUT2D eigenvalue weighted by molar-refractivity contribution is 0.0684. The van der Waals surface area contributed by atoms with Crippen LogP contribution >= 0.6 is 11.8 Å². The van der Waals surface area contributed by atoms with Gasteiger partial charge >= 0.3 is 0 Å². The van der Waals surface area contributed by atoms with Gasteiger partial charge in [0, 0.05) is 24.0 Å². The van der Waals surface area contributed by atoms with E-state index in [1.54, 1.807) is 36.7 Å². The summed E-state index contributed by atoms with van der Waals surface area (Å²) in [5.74, 6) is 0.990. The van der Waals surface area contributed by atoms with E-state index >= 15 is 0 Å². The number of imide groups is 1. The van der Waals surface area contributed by atoms with Crippen LogP contribution in [0.15, 0.2) is 53.9 Å². The van der Waals surface area contributed by atoms with Crippen molar-refractivity contribution in [3.05, 3.63) is 59.9 Å². The summed E-state index contributed by atoms with van der Waals surface area (Å²) in [5.41, 5.74) is 1.85. The SMILES string of the molecule is CC1CCCCC1n1c(SCN2C(=O)c3ccccc3C2=O)nnc1-c1cccnc1. The maximum absolute atomic E-state index is 12.7. The Hall–Kier alpha value is -3.00. The number of carbonyl (C=O) groups is 2. The Labute approximate surface area is 184 Å². The van der Waals surface area contributed by atoms with Crippen molar-refractivity contribution in [1.29, 1.82) is 0 Å². The van der Waals surface area contributed by atoms with Crippen LogP contribution in [-0.2, 0) is 0 Å². The molecule has 2 atom stereocenters. The predicted octanol–water partition coefficient (Wildman–Crippen LogP) is 4.44. The molecule has 0 saturated heterocycles. The van der Waals surface area contributed by atoms with Crippen LogP contribution in [0.25, 0.3) is 11.4 Å². The van der Waals surface area contributed by atoms with Crippen LogP contribution in [-0.4, -0.2) is 42.3 Å². The Morgan fingerprint density at radius 2 is 1.74 bits per heavy atom. The molecule has 2 aromatic heterocycles. The zero-order valence-electron chi connectivity index (χ0n) is 17.3. The van der Waals surface area contributed by atoms with Gasteiger partial charge in [-0.15, -0.1) is 10.2 Å². The van der Waals surface area contributed by atoms with Gasteiger partial charge in [-0.1, -0.05) is 43.7 Å². The summed E-state index contributed by atoms with van der Waals surface area (Å²) < 4.78 is 2.20. The van der Waals surface area contributed by atoms with Gasteiger partial charge in [0.2, 0.25) is 0 Å². The molecule has 7 nitrogen and oxygen atoms in total. The molecule has 3 heterocycles. The zero-order valence-corrected chi connectivity index (χ0v) is 18.1. The fraction of sp³-hybridized carbons (Fsp3) is 0.348. The van der Waals surface area contributed by atoms with Gasteiger partial charge in [0.15, 0.2) is 11.0 Å². The molecule has 1 aromatic carbocycles. The Bertz CT molecular complexity index is 1100. The molecular formula is C23H23N5O2S. The van der Waals surface area contributed by atoms with Crippen molar-refractivity contribution in [2.24, 2.45) is 5.92 Å². The van der Waals surface area contributed by atoms with Crippen LogP contribution in [0, 0.1) is 5.92 Å². The molecule has 8 heteroatoms. The normalized spacial score (nSPS) is 20.9. The first-order valence-electron chi connectivity index (χ1n) is 10.6. The van der Waals surface area contributed by atoms with Crippen molar-refractivity contribution in [3.63, 3.8) is 0 Å². The number of amides is 2. The summed E-state index contributed by atoms with van der Waals surface area (Å²) in [6, 6.07) is 11.1. The molecule has 1 saturated carbocycles. The first kappa shape index (κ1) is 19.9. The molecule has 0 spiro atoms. The average Bonchev–Trinajstić information content (AvgIpc) is 3.33. The number of fused-ring (bicyclic) bond motifs is 1. The Kier molecular flexibility index (Phi) is 5.31. The van der Waals surface area contributed by atoms with Crippen molar-refractivity contribution in [3.8, 4) is 11.4 Å². The lowest BCUT2D eigenvalue weighted by Gasteiger charge is -2.31. The first-order chi connectivity index (χ1) is 15.1. The molecule has 3 aromatic rings. The molecule has 5 rings (SSSR count). The highest BCUT2D eigenvalue weighted by atomic mass is 32.2. The fourth-order valence-corrected chi connectivity index (χ4v) is 5.46. The van der Waals surface area contributed by atoms with Gasteiger partial charge in [-0.3, -0.25) is 24.0 Å². The molecule has 0 bridgehead atoms. The van der Waals surface area contributed by atoms with Crippen LogP contribution in [0.4, 0.5) is 0 Å². The molecule has 2 aliphatic rings. The van der Waals surface area contributed by atoms with Gasteiger partial charge in [-0.05, 0) is 43.0 Å². The van der Waals surface area contributed by atoms with Crippen LogP contribution in [0.2, 0.25) is 0 Å². The number of rotatable bonds is 5. The zero-order chi connectivity index (χ0) is 21.4. The Balaban J connectivity index is 1.45. The van der Waals surface area contributed by atoms with Crippen LogP contribution < -0.4 is 0 Å². The molecule has 31 heavy (non-hydrogen) atoms. The minimum atomic E-state index is -0.252. The second kappa shape index (κ2) is 8.26. The largest absolute Gasteiger partial charge is 0.299 e. The van der Waals surface area contributed by atoms with E-state index in [1.165, 1.54) is 29.5 Å². The molecule has 2 unspecified atom stereocenters. The maximum atomic E-state index is 12.7. The minimum absolute atomic E-state index is 0.207. The molecule has 1 aliphatic heterocycles. The van der Waals surface area contributed by atoms with Crippen LogP contribution in [0.3, 0.4) is 0 Å². The topological polar surface area (TPSA) is 81.0 Å². The number of hydrogen-bond acceptors (Lipinski definition) is 6. The minimum Gasteiger partial charge on any atom is -0.299 e. The highest BCUT2D eigenvalue weighted by Gasteiger charge is 2.36. The van der Waals surface area contributed by atoms with E-state index in [9.17, 15) is 9.59 Å². The number of thioether (sulfide) groups is 1. The maximum Gasteiger partial charge on any atom is 0.262 e. The van der Waals surface area contributed by atoms with E-state index < -0.39 is 0 Å². The van der Waals surface area contributed by atoms with E-state index in [2.05, 4.69) is 26.7 Å². The number of benzene rings is 1. The number of nitrogens with zero attached hydrogens (tertiary/aromatic N) is 5. The predicted molar refractivity (Wildman–Crippen MR) is 118 cm³/mol. The number of hydrogen-bond donors (Lipinski definition) is 0. The molecular weight excluding hydrogens is 410 g/mol. The van der Waals surface area contributed by atoms with E-state index in [1.807, 2.05) is 12.1 Å². The monoisotopic (exact) mass is 433 g/mol. The van der Waals surface area contributed by atoms with Crippen molar-refractivity contribution >= 4 is 23.6 Å². The summed E-state index contributed by atoms with van der Waals surface area (Å²) in [5, 5.41) is 9.67. The van der Waals surface area contributed by atoms with Gasteiger partial charge < -0.3 is 0 Å². The molecule has 0 radical (unpaired) electrons. The standard InChI is InChI=1S/C23H23N5O2S/c1-15-7-2-5-11-19(15)28-20(16-8-6-12-24-13-16)25-26-23(28)31-14-27-21(29)17-9-3-4-10-18(17)22(27)30/h3-4,6,8-10,12-13,15,19H,2,5,7,11,14H2,1H3. The number of carbonyl (C=O) groups excluding carboxylic acids is 2. The van der Waals surface area contributed by atoms with E-state index in [0.717, 1.165) is 29.4 Å². The average molecular weight is 434 g/mol. The molecule has 1 fully saturated rings. The quantitative estimate of drug-likeness (QED) is 0.437. The number of aromatic nitrogens is 4. The van der Waals surface area contributed by atoms with E-state index in [0.29, 0.717) is 17.0 Å². The summed E-state index contributed by atoms with van der Waals surface area (Å²) in [6.07, 6.45) is 8.17. The Morgan fingerprint density at radius 3 is 2.42 bits per heavy atom. The summed E-state index contributed by atoms with van der Waals surface area (Å²) in [6.45, 7) is 2.27. The summed E-state index contributed by atoms with van der Waals surface area (Å²) in [4.78, 5) is 31.0. The van der Waals surface area contributed by atoms with E-state index in [-0.39, 0.29) is 23.7 Å². The first-order valence-corrected chi connectivity index (χ1v) is 11.6. The summed E-state index contributed by atoms with van der Waals surface area (Å²) >= 11 is 1.39. The second-order valence-corrected chi connectivity index (χ2v) is 9.02. The highest BCUT2D eigenvalue weighted by Crippen LogP contribution is 2.39. The van der Waals surface area contributed by atoms with Gasteiger partial charge in [-0.2, -0.15) is 0 Å². The number of pyridine rings is 1. The van der Waals surface area contributed by atoms with Gasteiger partial charge in [0.1, 0.15) is 0 Å². The third-order valence-corrected chi connectivity index (χ3v) is 7.11. The second-order valence-electron chi connectivity index (χ2n) is 8.10. The van der Waals surface area contributed by atoms with Crippen molar-refractivity contribution in [2.45, 2.75) is 43.8 Å². The Morgan fingerprint density at radius 1 is 1.00 bits per heavy atom. The van der Waals surface area contributed by atoms with Gasteiger partial charge in [0.05, 0.1) is 17.0 Å². The molecule has 0 N–H and O–H groups in total. The van der Waals surface area contributed by atoms with Crippen LogP contribution in [0.5, 0.6) is 0 Å². The highest BCUT2D eigenvalue weighted by molar-refractivity contribution is 7.99. The van der Waals surface area contributed by atoms with Crippen molar-refractivity contribution in [1.82, 2.24) is 24.6 Å². The van der Waals surface area contributed by atoms with Crippen molar-refractivity contribution < 1.29 is 9.59 Å². The van der Waals surface area contributed by atoms with Crippen molar-refractivity contribution in [2.75, 3.05) is 5.88 Å². The molecule has 1 aliphatic carbocycles. The van der Waals surface area contributed by atoms with E-state index in [4.69, 9.17) is 0 Å². The van der Waals surface area contributed by atoms with Crippen LogP contribution in [0.1, 0.15) is 59.4 Å². The fourth-order valence-electron chi connectivity index (χ4n) is 4.53. The van der Waals surface area contributed by atoms with Gasteiger partial charge in [-0.25, -0.2) is 0 Å². The lowest BCUT2D eigenvalue weighted by Crippen LogP contribution is -2.29. The third kappa shape index (κ3) is 3.54.